The topological polar surface area (TPSA) is 82.6 Å². The van der Waals surface area contributed by atoms with E-state index in [1.807, 2.05) is 17.0 Å². The molecule has 0 radical (unpaired) electrons. The molecule has 0 bridgehead atoms. The van der Waals surface area contributed by atoms with Crippen LogP contribution in [0.1, 0.15) is 37.7 Å². The maximum atomic E-state index is 12.4. The van der Waals surface area contributed by atoms with Crippen LogP contribution in [0.5, 0.6) is 0 Å². The average molecular weight is 358 g/mol. The molecule has 1 unspecified atom stereocenters. The van der Waals surface area contributed by atoms with Crippen LogP contribution in [0.4, 0.5) is 0 Å². The molecule has 2 aliphatic heterocycles. The summed E-state index contributed by atoms with van der Waals surface area (Å²) in [6.45, 7) is 3.04. The Kier molecular flexibility index (Phi) is 6.20. The molecule has 0 aliphatic carbocycles. The molecule has 1 aromatic heterocycles. The van der Waals surface area contributed by atoms with Crippen molar-refractivity contribution in [2.75, 3.05) is 26.2 Å². The van der Waals surface area contributed by atoms with Crippen molar-refractivity contribution in [1.29, 1.82) is 0 Å². The van der Waals surface area contributed by atoms with Gasteiger partial charge >= 0.3 is 0 Å². The molecule has 26 heavy (non-hydrogen) atoms. The lowest BCUT2D eigenvalue weighted by Gasteiger charge is -2.32. The molecule has 2 aliphatic rings. The van der Waals surface area contributed by atoms with Crippen molar-refractivity contribution >= 4 is 17.7 Å². The highest BCUT2D eigenvalue weighted by atomic mass is 16.2. The van der Waals surface area contributed by atoms with Gasteiger partial charge in [-0.3, -0.25) is 19.4 Å². The van der Waals surface area contributed by atoms with E-state index in [2.05, 4.69) is 10.3 Å². The quantitative estimate of drug-likeness (QED) is 0.787. The second-order valence-corrected chi connectivity index (χ2v) is 6.99. The van der Waals surface area contributed by atoms with Crippen LogP contribution in [-0.4, -0.2) is 58.7 Å². The minimum atomic E-state index is -0.169. The number of piperidine rings is 1. The monoisotopic (exact) mass is 358 g/mol. The van der Waals surface area contributed by atoms with Crippen molar-refractivity contribution in [3.8, 4) is 0 Å². The van der Waals surface area contributed by atoms with Gasteiger partial charge in [-0.2, -0.15) is 0 Å². The number of aromatic nitrogens is 1. The molecule has 7 heteroatoms. The van der Waals surface area contributed by atoms with Gasteiger partial charge in [-0.05, 0) is 30.9 Å². The smallest absolute Gasteiger partial charge is 0.225 e. The summed E-state index contributed by atoms with van der Waals surface area (Å²) in [5.74, 6) is 0.135. The van der Waals surface area contributed by atoms with Crippen molar-refractivity contribution in [2.45, 2.75) is 38.6 Å². The molecule has 2 fully saturated rings. The van der Waals surface area contributed by atoms with Crippen molar-refractivity contribution in [2.24, 2.45) is 5.92 Å². The maximum Gasteiger partial charge on any atom is 0.225 e. The summed E-state index contributed by atoms with van der Waals surface area (Å²) in [4.78, 5) is 43.9. The fourth-order valence-corrected chi connectivity index (χ4v) is 3.57. The molecule has 0 saturated carbocycles. The number of amides is 3. The lowest BCUT2D eigenvalue weighted by atomic mass is 9.96. The van der Waals surface area contributed by atoms with Crippen molar-refractivity contribution in [3.05, 3.63) is 30.1 Å². The fourth-order valence-electron chi connectivity index (χ4n) is 3.57. The van der Waals surface area contributed by atoms with Gasteiger partial charge in [0.2, 0.25) is 17.7 Å². The zero-order valence-electron chi connectivity index (χ0n) is 15.0. The summed E-state index contributed by atoms with van der Waals surface area (Å²) in [5.41, 5.74) is 0.958. The molecule has 3 amide bonds. The SMILES string of the molecule is O=C(NCc1cccnc1)C1CCC(=O)N(CCCN2CCCC2=O)C1. The van der Waals surface area contributed by atoms with E-state index in [1.54, 1.807) is 17.3 Å². The molecular formula is C19H26N4O3. The molecule has 0 aromatic carbocycles. The third-order valence-corrected chi connectivity index (χ3v) is 5.09. The van der Waals surface area contributed by atoms with E-state index in [9.17, 15) is 14.4 Å². The molecule has 1 N–H and O–H groups in total. The predicted molar refractivity (Wildman–Crippen MR) is 95.8 cm³/mol. The highest BCUT2D eigenvalue weighted by molar-refractivity contribution is 5.83. The van der Waals surface area contributed by atoms with Crippen molar-refractivity contribution < 1.29 is 14.4 Å². The van der Waals surface area contributed by atoms with Gasteiger partial charge in [0, 0.05) is 58.0 Å². The molecule has 2 saturated heterocycles. The Morgan fingerprint density at radius 3 is 2.73 bits per heavy atom. The summed E-state index contributed by atoms with van der Waals surface area (Å²) < 4.78 is 0. The first-order valence-corrected chi connectivity index (χ1v) is 9.35. The van der Waals surface area contributed by atoms with E-state index in [-0.39, 0.29) is 23.6 Å². The van der Waals surface area contributed by atoms with E-state index in [1.165, 1.54) is 0 Å². The number of carbonyl (C=O) groups excluding carboxylic acids is 3. The van der Waals surface area contributed by atoms with Crippen LogP contribution < -0.4 is 5.32 Å². The van der Waals surface area contributed by atoms with E-state index in [4.69, 9.17) is 0 Å². The number of rotatable bonds is 7. The van der Waals surface area contributed by atoms with Gasteiger partial charge in [-0.15, -0.1) is 0 Å². The van der Waals surface area contributed by atoms with Crippen LogP contribution in [0.2, 0.25) is 0 Å². The third kappa shape index (κ3) is 4.80. The van der Waals surface area contributed by atoms with Crippen molar-refractivity contribution in [3.63, 3.8) is 0 Å². The van der Waals surface area contributed by atoms with Gasteiger partial charge in [-0.1, -0.05) is 6.07 Å². The van der Waals surface area contributed by atoms with E-state index >= 15 is 0 Å². The number of carbonyl (C=O) groups is 3. The normalized spacial score (nSPS) is 20.5. The Hall–Kier alpha value is -2.44. The minimum Gasteiger partial charge on any atom is -0.352 e. The summed E-state index contributed by atoms with van der Waals surface area (Å²) in [6.07, 6.45) is 6.78. The largest absolute Gasteiger partial charge is 0.352 e. The molecule has 140 valence electrons. The van der Waals surface area contributed by atoms with Crippen LogP contribution in [-0.2, 0) is 20.9 Å². The number of hydrogen-bond donors (Lipinski definition) is 1. The number of nitrogens with zero attached hydrogens (tertiary/aromatic N) is 3. The molecule has 3 heterocycles. The van der Waals surface area contributed by atoms with Gasteiger partial charge in [0.15, 0.2) is 0 Å². The van der Waals surface area contributed by atoms with Gasteiger partial charge in [0.25, 0.3) is 0 Å². The van der Waals surface area contributed by atoms with Gasteiger partial charge in [0.1, 0.15) is 0 Å². The average Bonchev–Trinajstić information content (AvgIpc) is 3.07. The van der Waals surface area contributed by atoms with Gasteiger partial charge in [-0.25, -0.2) is 0 Å². The summed E-state index contributed by atoms with van der Waals surface area (Å²) in [7, 11) is 0. The van der Waals surface area contributed by atoms with Gasteiger partial charge < -0.3 is 15.1 Å². The fraction of sp³-hybridized carbons (Fsp3) is 0.579. The van der Waals surface area contributed by atoms with Crippen molar-refractivity contribution in [1.82, 2.24) is 20.1 Å². The molecule has 0 spiro atoms. The standard InChI is InChI=1S/C19H26N4O3/c24-17-5-2-9-22(17)10-3-11-23-14-16(6-7-18(23)25)19(26)21-13-15-4-1-8-20-12-15/h1,4,8,12,16H,2-3,5-7,9-11,13-14H2,(H,21,26). The minimum absolute atomic E-state index is 0.0129. The number of nitrogens with one attached hydrogen (secondary N) is 1. The highest BCUT2D eigenvalue weighted by Gasteiger charge is 2.30. The summed E-state index contributed by atoms with van der Waals surface area (Å²) in [6, 6.07) is 3.76. The summed E-state index contributed by atoms with van der Waals surface area (Å²) >= 11 is 0. The van der Waals surface area contributed by atoms with Gasteiger partial charge in [0.05, 0.1) is 5.92 Å². The number of hydrogen-bond acceptors (Lipinski definition) is 4. The second-order valence-electron chi connectivity index (χ2n) is 6.99. The van der Waals surface area contributed by atoms with Crippen LogP contribution in [0.25, 0.3) is 0 Å². The number of likely N-dealkylation sites (tertiary alicyclic amines) is 2. The number of pyridine rings is 1. The Labute approximate surface area is 153 Å². The third-order valence-electron chi connectivity index (χ3n) is 5.09. The van der Waals surface area contributed by atoms with Crippen LogP contribution in [0.3, 0.4) is 0 Å². The van der Waals surface area contributed by atoms with Crippen LogP contribution >= 0.6 is 0 Å². The molecule has 1 aromatic rings. The molecule has 1 atom stereocenters. The second kappa shape index (κ2) is 8.78. The van der Waals surface area contributed by atoms with Crippen LogP contribution in [0.15, 0.2) is 24.5 Å². The Balaban J connectivity index is 1.43. The predicted octanol–water partition coefficient (Wildman–Crippen LogP) is 0.949. The first-order chi connectivity index (χ1) is 12.6. The van der Waals surface area contributed by atoms with E-state index in [0.29, 0.717) is 45.4 Å². The zero-order valence-corrected chi connectivity index (χ0v) is 15.0. The lowest BCUT2D eigenvalue weighted by molar-refractivity contribution is -0.138. The summed E-state index contributed by atoms with van der Waals surface area (Å²) in [5, 5.41) is 2.94. The maximum absolute atomic E-state index is 12.4. The molecule has 3 rings (SSSR count). The van der Waals surface area contributed by atoms with E-state index in [0.717, 1.165) is 24.9 Å². The van der Waals surface area contributed by atoms with Crippen LogP contribution in [0, 0.1) is 5.92 Å². The first-order valence-electron chi connectivity index (χ1n) is 9.35. The Morgan fingerprint density at radius 1 is 1.19 bits per heavy atom. The van der Waals surface area contributed by atoms with E-state index < -0.39 is 0 Å². The molecular weight excluding hydrogens is 332 g/mol. The molecule has 7 nitrogen and oxygen atoms in total. The Morgan fingerprint density at radius 2 is 2.00 bits per heavy atom. The zero-order chi connectivity index (χ0) is 18.4. The lowest BCUT2D eigenvalue weighted by Crippen LogP contribution is -2.46. The first kappa shape index (κ1) is 18.4. The highest BCUT2D eigenvalue weighted by Crippen LogP contribution is 2.19. The Bertz CT molecular complexity index is 649.